The van der Waals surface area contributed by atoms with Crippen LogP contribution < -0.4 is 11.1 Å². The van der Waals surface area contributed by atoms with Crippen molar-refractivity contribution in [3.8, 4) is 0 Å². The molecule has 2 aromatic rings. The molecule has 3 N–H and O–H groups in total. The van der Waals surface area contributed by atoms with E-state index in [-0.39, 0.29) is 24.4 Å². The molecule has 0 unspecified atom stereocenters. The maximum Gasteiger partial charge on any atom is 0.253 e. The molecule has 0 aliphatic carbocycles. The molecule has 0 saturated carbocycles. The van der Waals surface area contributed by atoms with Crippen LogP contribution in [0.1, 0.15) is 18.5 Å². The van der Waals surface area contributed by atoms with E-state index in [1.54, 1.807) is 23.1 Å². The van der Waals surface area contributed by atoms with Gasteiger partial charge in [0.1, 0.15) is 6.10 Å². The van der Waals surface area contributed by atoms with Crippen molar-refractivity contribution < 1.29 is 9.53 Å². The molecule has 0 bridgehead atoms. The lowest BCUT2D eigenvalue weighted by molar-refractivity contribution is -0.126. The summed E-state index contributed by atoms with van der Waals surface area (Å²) in [6, 6.07) is 7.76. The SMILES string of the molecule is Cc1csc(Sc2ccc(NC(=O)[C@@H]3CC[C@H](CN)O3)cc2)n1.Cl. The number of nitrogens with two attached hydrogens (primary N) is 1. The fraction of sp³-hybridized carbons (Fsp3) is 0.375. The summed E-state index contributed by atoms with van der Waals surface area (Å²) in [5.74, 6) is -0.100. The van der Waals surface area contributed by atoms with Crippen LogP contribution in [0.2, 0.25) is 0 Å². The third-order valence-corrected chi connectivity index (χ3v) is 5.65. The van der Waals surface area contributed by atoms with E-state index in [1.165, 1.54) is 0 Å². The van der Waals surface area contributed by atoms with E-state index >= 15 is 0 Å². The predicted molar refractivity (Wildman–Crippen MR) is 100 cm³/mol. The number of hydrogen-bond acceptors (Lipinski definition) is 6. The number of carbonyl (C=O) groups excluding carboxylic acids is 1. The zero-order valence-corrected chi connectivity index (χ0v) is 15.7. The van der Waals surface area contributed by atoms with Crippen molar-refractivity contribution in [2.24, 2.45) is 5.73 Å². The van der Waals surface area contributed by atoms with Crippen LogP contribution in [0, 0.1) is 6.92 Å². The van der Waals surface area contributed by atoms with Crippen molar-refractivity contribution in [3.63, 3.8) is 0 Å². The number of nitrogens with one attached hydrogen (secondary N) is 1. The van der Waals surface area contributed by atoms with Gasteiger partial charge < -0.3 is 15.8 Å². The lowest BCUT2D eigenvalue weighted by atomic mass is 10.2. The summed E-state index contributed by atoms with van der Waals surface area (Å²) in [5, 5.41) is 4.93. The van der Waals surface area contributed by atoms with Gasteiger partial charge in [-0.15, -0.1) is 23.7 Å². The van der Waals surface area contributed by atoms with E-state index in [0.717, 1.165) is 33.5 Å². The Labute approximate surface area is 155 Å². The van der Waals surface area contributed by atoms with Gasteiger partial charge >= 0.3 is 0 Å². The first-order valence-electron chi connectivity index (χ1n) is 7.50. The maximum atomic E-state index is 12.2. The zero-order valence-electron chi connectivity index (χ0n) is 13.2. The summed E-state index contributed by atoms with van der Waals surface area (Å²) in [7, 11) is 0. The molecule has 2 atom stereocenters. The first-order chi connectivity index (χ1) is 11.1. The van der Waals surface area contributed by atoms with Crippen LogP contribution in [0.5, 0.6) is 0 Å². The number of aromatic nitrogens is 1. The van der Waals surface area contributed by atoms with Gasteiger partial charge in [-0.2, -0.15) is 0 Å². The summed E-state index contributed by atoms with van der Waals surface area (Å²) < 4.78 is 6.62. The van der Waals surface area contributed by atoms with Crippen LogP contribution in [0.15, 0.2) is 38.9 Å². The van der Waals surface area contributed by atoms with E-state index in [0.29, 0.717) is 6.54 Å². The predicted octanol–water partition coefficient (Wildman–Crippen LogP) is 3.47. The quantitative estimate of drug-likeness (QED) is 0.824. The molecule has 0 spiro atoms. The van der Waals surface area contributed by atoms with Crippen LogP contribution in [-0.4, -0.2) is 29.6 Å². The van der Waals surface area contributed by atoms with Crippen LogP contribution in [0.3, 0.4) is 0 Å². The van der Waals surface area contributed by atoms with Crippen LogP contribution >= 0.6 is 35.5 Å². The number of halogens is 1. The number of hydrogen-bond donors (Lipinski definition) is 2. The Bertz CT molecular complexity index is 678. The van der Waals surface area contributed by atoms with E-state index in [1.807, 2.05) is 36.6 Å². The number of benzene rings is 1. The van der Waals surface area contributed by atoms with Gasteiger partial charge in [0.05, 0.1) is 6.10 Å². The number of aryl methyl sites for hydroxylation is 1. The highest BCUT2D eigenvalue weighted by molar-refractivity contribution is 8.01. The van der Waals surface area contributed by atoms with Gasteiger partial charge in [-0.05, 0) is 44.0 Å². The molecule has 1 saturated heterocycles. The maximum absolute atomic E-state index is 12.2. The lowest BCUT2D eigenvalue weighted by Gasteiger charge is -2.12. The zero-order chi connectivity index (χ0) is 16.2. The van der Waals surface area contributed by atoms with Gasteiger partial charge in [-0.3, -0.25) is 4.79 Å². The van der Waals surface area contributed by atoms with Crippen LogP contribution in [0.4, 0.5) is 5.69 Å². The van der Waals surface area contributed by atoms with Gasteiger partial charge in [0.2, 0.25) is 0 Å². The molecular weight excluding hydrogens is 366 g/mol. The molecule has 2 heterocycles. The number of nitrogens with zero attached hydrogens (tertiary/aromatic N) is 1. The van der Waals surface area contributed by atoms with Gasteiger partial charge in [0.25, 0.3) is 5.91 Å². The number of thiazole rings is 1. The summed E-state index contributed by atoms with van der Waals surface area (Å²) in [4.78, 5) is 17.7. The molecule has 0 radical (unpaired) electrons. The molecule has 1 aliphatic heterocycles. The fourth-order valence-electron chi connectivity index (χ4n) is 2.38. The molecule has 24 heavy (non-hydrogen) atoms. The molecule has 1 aromatic heterocycles. The molecule has 5 nitrogen and oxygen atoms in total. The van der Waals surface area contributed by atoms with Crippen molar-refractivity contribution >= 4 is 47.1 Å². The molecule has 130 valence electrons. The van der Waals surface area contributed by atoms with Crippen molar-refractivity contribution in [2.75, 3.05) is 11.9 Å². The lowest BCUT2D eigenvalue weighted by Crippen LogP contribution is -2.29. The number of carbonyl (C=O) groups is 1. The average molecular weight is 386 g/mol. The molecule has 1 aromatic carbocycles. The first kappa shape index (κ1) is 19.2. The standard InChI is InChI=1S/C16H19N3O2S2.ClH/c1-10-9-22-16(18-10)23-13-5-2-11(3-6-13)19-15(20)14-7-4-12(8-17)21-14;/h2-3,5-6,9,12,14H,4,7-8,17H2,1H3,(H,19,20);1H/t12-,14+;/m1./s1. The Kier molecular flexibility index (Phi) is 7.06. The van der Waals surface area contributed by atoms with E-state index < -0.39 is 6.10 Å². The molecular formula is C16H20ClN3O2S2. The number of amides is 1. The Balaban J connectivity index is 0.00000208. The highest BCUT2D eigenvalue weighted by Crippen LogP contribution is 2.31. The summed E-state index contributed by atoms with van der Waals surface area (Å²) in [6.45, 7) is 2.45. The Hall–Kier alpha value is -1.12. The van der Waals surface area contributed by atoms with Crippen molar-refractivity contribution in [1.29, 1.82) is 0 Å². The van der Waals surface area contributed by atoms with E-state index in [4.69, 9.17) is 10.5 Å². The normalized spacial score (nSPS) is 19.8. The summed E-state index contributed by atoms with van der Waals surface area (Å²) >= 11 is 3.25. The van der Waals surface area contributed by atoms with Gasteiger partial charge in [-0.1, -0.05) is 11.8 Å². The van der Waals surface area contributed by atoms with Crippen molar-refractivity contribution in [3.05, 3.63) is 35.3 Å². The minimum atomic E-state index is -0.393. The minimum absolute atomic E-state index is 0. The minimum Gasteiger partial charge on any atom is -0.364 e. The van der Waals surface area contributed by atoms with Gasteiger partial charge in [0.15, 0.2) is 4.34 Å². The third-order valence-electron chi connectivity index (χ3n) is 3.59. The van der Waals surface area contributed by atoms with Crippen LogP contribution in [-0.2, 0) is 9.53 Å². The Morgan fingerprint density at radius 1 is 1.42 bits per heavy atom. The highest BCUT2D eigenvalue weighted by atomic mass is 35.5. The third kappa shape index (κ3) is 4.94. The average Bonchev–Trinajstić information content (AvgIpc) is 3.18. The highest BCUT2D eigenvalue weighted by Gasteiger charge is 2.29. The largest absolute Gasteiger partial charge is 0.364 e. The molecule has 8 heteroatoms. The van der Waals surface area contributed by atoms with Crippen LogP contribution in [0.25, 0.3) is 0 Å². The number of rotatable bonds is 5. The molecule has 1 aliphatic rings. The Morgan fingerprint density at radius 3 is 2.75 bits per heavy atom. The topological polar surface area (TPSA) is 77.2 Å². The number of anilines is 1. The fourth-order valence-corrected chi connectivity index (χ4v) is 4.19. The molecule has 1 fully saturated rings. The monoisotopic (exact) mass is 385 g/mol. The second-order valence-corrected chi connectivity index (χ2v) is 7.61. The smallest absolute Gasteiger partial charge is 0.253 e. The Morgan fingerprint density at radius 2 is 2.17 bits per heavy atom. The van der Waals surface area contributed by atoms with E-state index in [9.17, 15) is 4.79 Å². The van der Waals surface area contributed by atoms with Gasteiger partial charge in [-0.25, -0.2) is 4.98 Å². The summed E-state index contributed by atoms with van der Waals surface area (Å²) in [6.07, 6.45) is 1.18. The second kappa shape index (κ2) is 8.82. The van der Waals surface area contributed by atoms with E-state index in [2.05, 4.69) is 10.3 Å². The molecule has 3 rings (SSSR count). The summed E-state index contributed by atoms with van der Waals surface area (Å²) in [5.41, 5.74) is 7.38. The van der Waals surface area contributed by atoms with Crippen molar-refractivity contribution in [2.45, 2.75) is 41.2 Å². The first-order valence-corrected chi connectivity index (χ1v) is 9.20. The van der Waals surface area contributed by atoms with Gasteiger partial charge in [0, 0.05) is 28.2 Å². The van der Waals surface area contributed by atoms with Crippen molar-refractivity contribution in [1.82, 2.24) is 4.98 Å². The molecule has 1 amide bonds. The second-order valence-electron chi connectivity index (χ2n) is 5.43. The number of ether oxygens (including phenoxy) is 1.